The Labute approximate surface area is 239 Å². The molecule has 0 saturated carbocycles. The molecule has 7 nitrogen and oxygen atoms in total. The summed E-state index contributed by atoms with van der Waals surface area (Å²) in [4.78, 5) is 41.3. The topological polar surface area (TPSA) is 90.5 Å². The molecule has 1 aliphatic heterocycles. The van der Waals surface area contributed by atoms with Crippen LogP contribution in [-0.2, 0) is 20.8 Å². The quantitative estimate of drug-likeness (QED) is 0.285. The molecular weight excluding hydrogens is 512 g/mol. The molecule has 0 aromatic heterocycles. The van der Waals surface area contributed by atoms with E-state index in [1.165, 1.54) is 0 Å². The van der Waals surface area contributed by atoms with Gasteiger partial charge in [0.1, 0.15) is 12.1 Å². The molecule has 1 aliphatic rings. The summed E-state index contributed by atoms with van der Waals surface area (Å²) in [5, 5.41) is 11.5. The standard InChI is InChI=1S/C31H44N4O3.ClH/c1-22(2)21-32-16-8-9-17-33-28(36)26(20-23-14-15-24-11-6-7-12-25(24)19-23)34-29(37)27-13-10-18-35(27)30(38)31(3,4)5;/h6-9,11-12,14-15,19,22,26-27,32H,10,13,16-18,20-21H2,1-5H3,(H,33,36)(H,34,37);1H/b9-8-;/t26-,27?;/m1./s1. The van der Waals surface area contributed by atoms with Crippen molar-refractivity contribution in [2.24, 2.45) is 11.3 Å². The Kier molecular flexibility index (Phi) is 12.5. The van der Waals surface area contributed by atoms with E-state index in [9.17, 15) is 14.4 Å². The number of nitrogens with zero attached hydrogens (tertiary/aromatic N) is 1. The number of halogens is 1. The Balaban J connectivity index is 0.00000533. The van der Waals surface area contributed by atoms with Crippen molar-refractivity contribution in [1.82, 2.24) is 20.9 Å². The molecule has 0 aliphatic carbocycles. The maximum atomic E-state index is 13.4. The largest absolute Gasteiger partial charge is 0.351 e. The molecule has 0 radical (unpaired) electrons. The molecule has 214 valence electrons. The fraction of sp³-hybridized carbons (Fsp3) is 0.516. The number of benzene rings is 2. The molecule has 1 fully saturated rings. The Morgan fingerprint density at radius 2 is 1.72 bits per heavy atom. The lowest BCUT2D eigenvalue weighted by atomic mass is 9.94. The number of fused-ring (bicyclic) bond motifs is 1. The van der Waals surface area contributed by atoms with Gasteiger partial charge < -0.3 is 20.9 Å². The number of carbonyl (C=O) groups excluding carboxylic acids is 3. The van der Waals surface area contributed by atoms with Crippen LogP contribution in [-0.4, -0.2) is 60.9 Å². The molecule has 8 heteroatoms. The first-order valence-electron chi connectivity index (χ1n) is 13.8. The third-order valence-corrected chi connectivity index (χ3v) is 6.72. The molecule has 39 heavy (non-hydrogen) atoms. The smallest absolute Gasteiger partial charge is 0.243 e. The van der Waals surface area contributed by atoms with Crippen LogP contribution in [0.1, 0.15) is 53.0 Å². The molecule has 3 N–H and O–H groups in total. The SMILES string of the molecule is CC(C)CNC/C=C\CNC(=O)[C@@H](Cc1ccc2ccccc2c1)NC(=O)C1CCCN1C(=O)C(C)(C)C.Cl. The summed E-state index contributed by atoms with van der Waals surface area (Å²) in [7, 11) is 0. The summed E-state index contributed by atoms with van der Waals surface area (Å²) in [6.45, 7) is 12.5. The first kappa shape index (κ1) is 32.3. The van der Waals surface area contributed by atoms with Crippen LogP contribution in [0.25, 0.3) is 10.8 Å². The zero-order valence-electron chi connectivity index (χ0n) is 24.0. The lowest BCUT2D eigenvalue weighted by molar-refractivity contribution is -0.145. The average molecular weight is 557 g/mol. The van der Waals surface area contributed by atoms with Crippen molar-refractivity contribution in [2.45, 2.75) is 66.0 Å². The Morgan fingerprint density at radius 1 is 1.03 bits per heavy atom. The predicted octanol–water partition coefficient (Wildman–Crippen LogP) is 4.24. The van der Waals surface area contributed by atoms with Gasteiger partial charge in [-0.15, -0.1) is 12.4 Å². The van der Waals surface area contributed by atoms with Gasteiger partial charge >= 0.3 is 0 Å². The molecule has 0 spiro atoms. The van der Waals surface area contributed by atoms with Gasteiger partial charge in [0, 0.05) is 31.5 Å². The number of rotatable bonds is 11. The number of nitrogens with one attached hydrogen (secondary N) is 3. The minimum Gasteiger partial charge on any atom is -0.351 e. The van der Waals surface area contributed by atoms with E-state index in [0.717, 1.165) is 35.8 Å². The van der Waals surface area contributed by atoms with Gasteiger partial charge in [-0.1, -0.05) is 89.2 Å². The molecule has 2 aromatic carbocycles. The van der Waals surface area contributed by atoms with Gasteiger partial charge in [-0.05, 0) is 41.6 Å². The first-order valence-corrected chi connectivity index (χ1v) is 13.8. The van der Waals surface area contributed by atoms with Crippen molar-refractivity contribution in [3.63, 3.8) is 0 Å². The number of carbonyl (C=O) groups is 3. The molecule has 1 saturated heterocycles. The van der Waals surface area contributed by atoms with Crippen molar-refractivity contribution < 1.29 is 14.4 Å². The van der Waals surface area contributed by atoms with Crippen molar-refractivity contribution in [1.29, 1.82) is 0 Å². The van der Waals surface area contributed by atoms with Gasteiger partial charge in [-0.2, -0.15) is 0 Å². The van der Waals surface area contributed by atoms with Crippen LogP contribution in [0.2, 0.25) is 0 Å². The highest BCUT2D eigenvalue weighted by atomic mass is 35.5. The van der Waals surface area contributed by atoms with Gasteiger partial charge in [-0.3, -0.25) is 14.4 Å². The van der Waals surface area contributed by atoms with E-state index in [1.807, 2.05) is 69.3 Å². The normalized spacial score (nSPS) is 16.4. The molecular formula is C31H45ClN4O3. The average Bonchev–Trinajstić information content (AvgIpc) is 3.36. The Morgan fingerprint density at radius 3 is 2.41 bits per heavy atom. The number of amides is 3. The van der Waals surface area contributed by atoms with Crippen molar-refractivity contribution in [2.75, 3.05) is 26.2 Å². The molecule has 1 heterocycles. The number of hydrogen-bond donors (Lipinski definition) is 3. The maximum absolute atomic E-state index is 13.4. The second-order valence-electron chi connectivity index (χ2n) is 11.6. The van der Waals surface area contributed by atoms with Gasteiger partial charge in [0.25, 0.3) is 0 Å². The minimum atomic E-state index is -0.747. The van der Waals surface area contributed by atoms with Gasteiger partial charge in [0.15, 0.2) is 0 Å². The zero-order chi connectivity index (χ0) is 27.7. The van der Waals surface area contributed by atoms with Crippen molar-refractivity contribution in [3.8, 4) is 0 Å². The van der Waals surface area contributed by atoms with E-state index in [0.29, 0.717) is 31.8 Å². The zero-order valence-corrected chi connectivity index (χ0v) is 24.8. The van der Waals surface area contributed by atoms with E-state index < -0.39 is 17.5 Å². The molecule has 2 aromatic rings. The van der Waals surface area contributed by atoms with Crippen molar-refractivity contribution in [3.05, 3.63) is 60.2 Å². The monoisotopic (exact) mass is 556 g/mol. The second kappa shape index (κ2) is 15.0. The molecule has 3 rings (SSSR count). The maximum Gasteiger partial charge on any atom is 0.243 e. The molecule has 3 amide bonds. The van der Waals surface area contributed by atoms with Crippen LogP contribution < -0.4 is 16.0 Å². The van der Waals surface area contributed by atoms with Gasteiger partial charge in [0.05, 0.1) is 0 Å². The number of likely N-dealkylation sites (tertiary alicyclic amines) is 1. The summed E-state index contributed by atoms with van der Waals surface area (Å²) in [6, 6.07) is 12.9. The molecule has 2 atom stereocenters. The van der Waals surface area contributed by atoms with E-state index in [4.69, 9.17) is 0 Å². The summed E-state index contributed by atoms with van der Waals surface area (Å²) < 4.78 is 0. The van der Waals surface area contributed by atoms with Crippen LogP contribution in [0, 0.1) is 11.3 Å². The fourth-order valence-electron chi connectivity index (χ4n) is 4.70. The van der Waals surface area contributed by atoms with E-state index in [2.05, 4.69) is 35.9 Å². The van der Waals surface area contributed by atoms with E-state index >= 15 is 0 Å². The van der Waals surface area contributed by atoms with E-state index in [-0.39, 0.29) is 30.1 Å². The summed E-state index contributed by atoms with van der Waals surface area (Å²) in [5.41, 5.74) is 0.396. The lowest BCUT2D eigenvalue weighted by Gasteiger charge is -2.31. The highest BCUT2D eigenvalue weighted by molar-refractivity contribution is 5.93. The predicted molar refractivity (Wildman–Crippen MR) is 161 cm³/mol. The Bertz CT molecular complexity index is 1140. The summed E-state index contributed by atoms with van der Waals surface area (Å²) in [6.07, 6.45) is 5.65. The van der Waals surface area contributed by atoms with E-state index in [1.54, 1.807) is 4.90 Å². The first-order chi connectivity index (χ1) is 18.1. The molecule has 0 bridgehead atoms. The van der Waals surface area contributed by atoms with Crippen LogP contribution >= 0.6 is 12.4 Å². The summed E-state index contributed by atoms with van der Waals surface area (Å²) in [5.74, 6) is 0.0337. The van der Waals surface area contributed by atoms with Gasteiger partial charge in [-0.25, -0.2) is 0 Å². The highest BCUT2D eigenvalue weighted by Crippen LogP contribution is 2.26. The summed E-state index contributed by atoms with van der Waals surface area (Å²) >= 11 is 0. The lowest BCUT2D eigenvalue weighted by Crippen LogP contribution is -2.55. The fourth-order valence-corrected chi connectivity index (χ4v) is 4.70. The van der Waals surface area contributed by atoms with Crippen LogP contribution in [0.4, 0.5) is 0 Å². The highest BCUT2D eigenvalue weighted by Gasteiger charge is 2.39. The third kappa shape index (κ3) is 9.66. The van der Waals surface area contributed by atoms with Gasteiger partial charge in [0.2, 0.25) is 17.7 Å². The minimum absolute atomic E-state index is 0. The second-order valence-corrected chi connectivity index (χ2v) is 11.6. The van der Waals surface area contributed by atoms with Crippen molar-refractivity contribution >= 4 is 40.9 Å². The van der Waals surface area contributed by atoms with Crippen LogP contribution in [0.15, 0.2) is 54.6 Å². The molecule has 1 unspecified atom stereocenters. The number of hydrogen-bond acceptors (Lipinski definition) is 4. The van der Waals surface area contributed by atoms with Crippen LogP contribution in [0.3, 0.4) is 0 Å². The Hall–Kier alpha value is -2.90. The van der Waals surface area contributed by atoms with Crippen LogP contribution in [0.5, 0.6) is 0 Å². The third-order valence-electron chi connectivity index (χ3n) is 6.72.